The number of carbonyl (C=O) groups is 1. The van der Waals surface area contributed by atoms with Gasteiger partial charge in [0.2, 0.25) is 5.91 Å². The van der Waals surface area contributed by atoms with Gasteiger partial charge in [0.25, 0.3) is 0 Å². The van der Waals surface area contributed by atoms with Gasteiger partial charge < -0.3 is 15.0 Å². The molecule has 0 radical (unpaired) electrons. The number of fused-ring (bicyclic) bond motifs is 2. The molecule has 3 unspecified atom stereocenters. The monoisotopic (exact) mass is 401 g/mol. The summed E-state index contributed by atoms with van der Waals surface area (Å²) in [7, 11) is 0. The summed E-state index contributed by atoms with van der Waals surface area (Å²) < 4.78 is 29.1. The molecule has 5 nitrogen and oxygen atoms in total. The Balaban J connectivity index is 1.10. The Hall–Kier alpha value is -2.02. The van der Waals surface area contributed by atoms with Crippen LogP contribution in [0.25, 0.3) is 11.0 Å². The first-order chi connectivity index (χ1) is 13.8. The van der Waals surface area contributed by atoms with Crippen LogP contribution in [0, 0.1) is 40.7 Å². The summed E-state index contributed by atoms with van der Waals surface area (Å²) in [5, 5.41) is 12.6. The number of halogens is 2. The first-order valence-electron chi connectivity index (χ1n) is 10.6. The first-order valence-corrected chi connectivity index (χ1v) is 10.6. The fourth-order valence-corrected chi connectivity index (χ4v) is 6.99. The van der Waals surface area contributed by atoms with Crippen LogP contribution in [0.4, 0.5) is 8.78 Å². The molecule has 7 heteroatoms. The van der Waals surface area contributed by atoms with Crippen LogP contribution >= 0.6 is 0 Å². The van der Waals surface area contributed by atoms with Gasteiger partial charge in [-0.15, -0.1) is 0 Å². The van der Waals surface area contributed by atoms with Crippen molar-refractivity contribution in [3.8, 4) is 0 Å². The van der Waals surface area contributed by atoms with E-state index in [1.54, 1.807) is 6.33 Å². The van der Waals surface area contributed by atoms with E-state index in [0.717, 1.165) is 38.2 Å². The molecule has 5 fully saturated rings. The van der Waals surface area contributed by atoms with Gasteiger partial charge in [0, 0.05) is 41.7 Å². The van der Waals surface area contributed by atoms with Gasteiger partial charge in [0.15, 0.2) is 11.6 Å². The van der Waals surface area contributed by atoms with Crippen molar-refractivity contribution in [2.45, 2.75) is 50.6 Å². The molecular formula is C22H25F2N3O2. The quantitative estimate of drug-likeness (QED) is 0.809. The molecule has 5 atom stereocenters. The summed E-state index contributed by atoms with van der Waals surface area (Å²) in [6.45, 7) is 2.26. The summed E-state index contributed by atoms with van der Waals surface area (Å²) in [5.41, 5.74) is 1.16. The number of nitrogens with zero attached hydrogens (tertiary/aromatic N) is 2. The van der Waals surface area contributed by atoms with E-state index in [1.165, 1.54) is 6.07 Å². The van der Waals surface area contributed by atoms with Gasteiger partial charge >= 0.3 is 0 Å². The van der Waals surface area contributed by atoms with Crippen molar-refractivity contribution in [2.24, 2.45) is 29.1 Å². The molecule has 29 heavy (non-hydrogen) atoms. The summed E-state index contributed by atoms with van der Waals surface area (Å²) in [6.07, 6.45) is 6.34. The SMILES string of the molecule is CC(C(=O)NC12CC(CO)(C1)C2)C1[C@H]2CC(n3cnc4cc(F)c(F)cc43)C[C@@H]12. The maximum absolute atomic E-state index is 13.7. The molecule has 2 aromatic rings. The first kappa shape index (κ1) is 17.8. The average Bonchev–Trinajstić information content (AvgIpc) is 2.96. The Morgan fingerprint density at radius 2 is 1.93 bits per heavy atom. The van der Waals surface area contributed by atoms with Crippen molar-refractivity contribution in [3.63, 3.8) is 0 Å². The maximum atomic E-state index is 13.7. The lowest BCUT2D eigenvalue weighted by molar-refractivity contribution is -0.184. The van der Waals surface area contributed by atoms with Gasteiger partial charge in [-0.25, -0.2) is 13.8 Å². The Morgan fingerprint density at radius 3 is 2.59 bits per heavy atom. The minimum atomic E-state index is -0.870. The third-order valence-corrected chi connectivity index (χ3v) is 8.35. The lowest BCUT2D eigenvalue weighted by atomic mass is 9.39. The van der Waals surface area contributed by atoms with Crippen LogP contribution < -0.4 is 5.32 Å². The molecule has 0 aliphatic heterocycles. The number of aliphatic hydroxyl groups is 1. The van der Waals surface area contributed by atoms with Crippen molar-refractivity contribution in [1.29, 1.82) is 0 Å². The van der Waals surface area contributed by atoms with Gasteiger partial charge in [-0.3, -0.25) is 4.79 Å². The van der Waals surface area contributed by atoms with Crippen molar-refractivity contribution in [1.82, 2.24) is 14.9 Å². The molecule has 0 spiro atoms. The molecule has 1 aromatic carbocycles. The molecule has 5 aliphatic carbocycles. The molecule has 7 rings (SSSR count). The highest BCUT2D eigenvalue weighted by atomic mass is 19.2. The Bertz CT molecular complexity index is 1000. The zero-order valence-electron chi connectivity index (χ0n) is 16.4. The predicted molar refractivity (Wildman–Crippen MR) is 102 cm³/mol. The third-order valence-electron chi connectivity index (χ3n) is 8.35. The lowest BCUT2D eigenvalue weighted by Gasteiger charge is -2.70. The highest BCUT2D eigenvalue weighted by Gasteiger charge is 2.68. The second-order valence-corrected chi connectivity index (χ2v) is 10.2. The van der Waals surface area contributed by atoms with E-state index < -0.39 is 11.6 Å². The number of aliphatic hydroxyl groups excluding tert-OH is 1. The molecular weight excluding hydrogens is 376 g/mol. The highest BCUT2D eigenvalue weighted by molar-refractivity contribution is 5.80. The minimum absolute atomic E-state index is 0.00359. The largest absolute Gasteiger partial charge is 0.396 e. The van der Waals surface area contributed by atoms with E-state index in [1.807, 2.05) is 11.5 Å². The van der Waals surface area contributed by atoms with Gasteiger partial charge in [0.05, 0.1) is 17.4 Å². The Morgan fingerprint density at radius 1 is 1.28 bits per heavy atom. The standard InChI is InChI=1S/C22H25F2N3O2/c1-11(20(29)26-22-6-21(7-22,8-22)9-28)19-13-2-12(3-14(13)19)27-10-25-17-4-15(23)16(24)5-18(17)27/h4-5,10-14,19,28H,2-3,6-9H2,1H3,(H,26,29)/t11?,12?,13-,14+,19?,21?,22?. The second-order valence-electron chi connectivity index (χ2n) is 10.2. The van der Waals surface area contributed by atoms with Crippen LogP contribution in [0.15, 0.2) is 18.5 Å². The summed E-state index contributed by atoms with van der Waals surface area (Å²) in [5.74, 6) is -0.128. The van der Waals surface area contributed by atoms with E-state index in [0.29, 0.717) is 28.8 Å². The number of benzene rings is 1. The topological polar surface area (TPSA) is 67.2 Å². The molecule has 1 amide bonds. The predicted octanol–water partition coefficient (Wildman–Crippen LogP) is 3.18. The average molecular weight is 401 g/mol. The van der Waals surface area contributed by atoms with Gasteiger partial charge in [-0.2, -0.15) is 0 Å². The highest BCUT2D eigenvalue weighted by Crippen LogP contribution is 2.67. The number of amides is 1. The number of nitrogens with one attached hydrogen (secondary N) is 1. The fourth-order valence-electron chi connectivity index (χ4n) is 6.99. The molecule has 5 saturated carbocycles. The minimum Gasteiger partial charge on any atom is -0.396 e. The van der Waals surface area contributed by atoms with Crippen LogP contribution in [0.3, 0.4) is 0 Å². The van der Waals surface area contributed by atoms with Crippen LogP contribution in [0.2, 0.25) is 0 Å². The number of carbonyl (C=O) groups excluding carboxylic acids is 1. The maximum Gasteiger partial charge on any atom is 0.223 e. The van der Waals surface area contributed by atoms with E-state index >= 15 is 0 Å². The van der Waals surface area contributed by atoms with Gasteiger partial charge in [-0.1, -0.05) is 6.92 Å². The fraction of sp³-hybridized carbons (Fsp3) is 0.636. The number of aromatic nitrogens is 2. The van der Waals surface area contributed by atoms with Gasteiger partial charge in [-0.05, 0) is 49.9 Å². The molecule has 2 bridgehead atoms. The number of hydrogen-bond donors (Lipinski definition) is 2. The van der Waals surface area contributed by atoms with Crippen molar-refractivity contribution >= 4 is 16.9 Å². The van der Waals surface area contributed by atoms with Crippen LogP contribution in [0.1, 0.15) is 45.1 Å². The number of imidazole rings is 1. The summed E-state index contributed by atoms with van der Waals surface area (Å²) in [6, 6.07) is 2.61. The second kappa shape index (κ2) is 5.56. The number of hydrogen-bond acceptors (Lipinski definition) is 3. The zero-order chi connectivity index (χ0) is 20.1. The summed E-state index contributed by atoms with van der Waals surface area (Å²) >= 11 is 0. The molecule has 5 aliphatic rings. The summed E-state index contributed by atoms with van der Waals surface area (Å²) in [4.78, 5) is 17.0. The van der Waals surface area contributed by atoms with E-state index in [4.69, 9.17) is 0 Å². The molecule has 2 N–H and O–H groups in total. The van der Waals surface area contributed by atoms with Crippen molar-refractivity contribution in [2.75, 3.05) is 6.61 Å². The normalized spacial score (nSPS) is 40.1. The molecule has 154 valence electrons. The Kier molecular flexibility index (Phi) is 3.42. The van der Waals surface area contributed by atoms with Crippen molar-refractivity contribution in [3.05, 3.63) is 30.1 Å². The van der Waals surface area contributed by atoms with E-state index in [-0.39, 0.29) is 35.4 Å². The van der Waals surface area contributed by atoms with Gasteiger partial charge in [0.1, 0.15) is 0 Å². The van der Waals surface area contributed by atoms with Crippen LogP contribution in [-0.4, -0.2) is 32.7 Å². The zero-order valence-corrected chi connectivity index (χ0v) is 16.4. The molecule has 1 aromatic heterocycles. The van der Waals surface area contributed by atoms with Crippen molar-refractivity contribution < 1.29 is 18.7 Å². The van der Waals surface area contributed by atoms with E-state index in [9.17, 15) is 18.7 Å². The molecule has 1 heterocycles. The third kappa shape index (κ3) is 2.39. The molecule has 0 saturated heterocycles. The Labute approximate surface area is 167 Å². The van der Waals surface area contributed by atoms with E-state index in [2.05, 4.69) is 10.3 Å². The number of rotatable bonds is 5. The van der Waals surface area contributed by atoms with Crippen LogP contribution in [-0.2, 0) is 4.79 Å². The smallest absolute Gasteiger partial charge is 0.223 e. The van der Waals surface area contributed by atoms with Crippen LogP contribution in [0.5, 0.6) is 0 Å². The lowest BCUT2D eigenvalue weighted by Crippen LogP contribution is -2.76.